The van der Waals surface area contributed by atoms with Gasteiger partial charge < -0.3 is 14.8 Å². The van der Waals surface area contributed by atoms with Crippen LogP contribution in [0.3, 0.4) is 0 Å². The average molecular weight is 386 g/mol. The SMILES string of the molecule is CCCOc1cc(Cl)c(CNCCCSc2nnnn2C)cc1OC. The highest BCUT2D eigenvalue weighted by atomic mass is 35.5. The summed E-state index contributed by atoms with van der Waals surface area (Å²) in [6, 6.07) is 3.75. The van der Waals surface area contributed by atoms with Crippen LogP contribution in [0.25, 0.3) is 0 Å². The van der Waals surface area contributed by atoms with Crippen LogP contribution in [0.15, 0.2) is 17.3 Å². The first kappa shape index (κ1) is 19.8. The number of hydrogen-bond donors (Lipinski definition) is 1. The molecule has 7 nitrogen and oxygen atoms in total. The van der Waals surface area contributed by atoms with E-state index in [1.54, 1.807) is 23.6 Å². The van der Waals surface area contributed by atoms with Gasteiger partial charge in [-0.05, 0) is 41.4 Å². The second kappa shape index (κ2) is 10.5. The summed E-state index contributed by atoms with van der Waals surface area (Å²) in [4.78, 5) is 0. The monoisotopic (exact) mass is 385 g/mol. The number of benzene rings is 1. The third-order valence-corrected chi connectivity index (χ3v) is 4.87. The van der Waals surface area contributed by atoms with Gasteiger partial charge in [0.1, 0.15) is 0 Å². The summed E-state index contributed by atoms with van der Waals surface area (Å²) in [7, 11) is 3.47. The summed E-state index contributed by atoms with van der Waals surface area (Å²) in [5, 5.41) is 16.3. The molecule has 0 radical (unpaired) electrons. The number of nitrogens with one attached hydrogen (secondary N) is 1. The fourth-order valence-electron chi connectivity index (χ4n) is 2.12. The summed E-state index contributed by atoms with van der Waals surface area (Å²) >= 11 is 8.00. The smallest absolute Gasteiger partial charge is 0.209 e. The number of thioether (sulfide) groups is 1. The van der Waals surface area contributed by atoms with E-state index in [1.165, 1.54) is 0 Å². The molecule has 2 rings (SSSR count). The first-order valence-corrected chi connectivity index (χ1v) is 9.57. The molecule has 1 aromatic carbocycles. The highest BCUT2D eigenvalue weighted by Crippen LogP contribution is 2.33. The summed E-state index contributed by atoms with van der Waals surface area (Å²) < 4.78 is 12.7. The van der Waals surface area contributed by atoms with Gasteiger partial charge in [0.25, 0.3) is 0 Å². The fourth-order valence-corrected chi connectivity index (χ4v) is 3.13. The Morgan fingerprint density at radius 2 is 2.16 bits per heavy atom. The molecular formula is C16H24ClN5O2S. The van der Waals surface area contributed by atoms with Crippen molar-refractivity contribution >= 4 is 23.4 Å². The van der Waals surface area contributed by atoms with Crippen molar-refractivity contribution in [2.45, 2.75) is 31.5 Å². The first-order valence-electron chi connectivity index (χ1n) is 8.20. The zero-order valence-electron chi connectivity index (χ0n) is 14.8. The Balaban J connectivity index is 1.77. The zero-order valence-corrected chi connectivity index (χ0v) is 16.4. The molecule has 0 atom stereocenters. The predicted octanol–water partition coefficient (Wildman–Crippen LogP) is 2.93. The Bertz CT molecular complexity index is 668. The van der Waals surface area contributed by atoms with E-state index in [0.29, 0.717) is 29.7 Å². The molecule has 0 unspecified atom stereocenters. The minimum Gasteiger partial charge on any atom is -0.493 e. The molecule has 0 aliphatic rings. The van der Waals surface area contributed by atoms with E-state index in [1.807, 2.05) is 19.2 Å². The molecule has 0 saturated carbocycles. The standard InChI is InChI=1S/C16H24ClN5O2S/c1-4-7-24-15-10-13(17)12(9-14(15)23-3)11-18-6-5-8-25-16-19-20-21-22(16)2/h9-10,18H,4-8,11H2,1-3H3. The molecule has 2 aromatic rings. The van der Waals surface area contributed by atoms with Crippen molar-refractivity contribution in [1.82, 2.24) is 25.5 Å². The van der Waals surface area contributed by atoms with Crippen LogP contribution in [0.1, 0.15) is 25.3 Å². The van der Waals surface area contributed by atoms with Crippen molar-refractivity contribution in [3.63, 3.8) is 0 Å². The maximum absolute atomic E-state index is 6.36. The van der Waals surface area contributed by atoms with Gasteiger partial charge in [0.05, 0.1) is 13.7 Å². The van der Waals surface area contributed by atoms with Crippen LogP contribution in [-0.2, 0) is 13.6 Å². The van der Waals surface area contributed by atoms with Crippen LogP contribution >= 0.6 is 23.4 Å². The van der Waals surface area contributed by atoms with Gasteiger partial charge in [-0.15, -0.1) is 5.10 Å². The normalized spacial score (nSPS) is 10.9. The largest absolute Gasteiger partial charge is 0.493 e. The Labute approximate surface area is 157 Å². The number of halogens is 1. The molecule has 138 valence electrons. The third-order valence-electron chi connectivity index (χ3n) is 3.42. The number of methoxy groups -OCH3 is 1. The molecule has 0 saturated heterocycles. The van der Waals surface area contributed by atoms with Crippen molar-refractivity contribution in [1.29, 1.82) is 0 Å². The van der Waals surface area contributed by atoms with E-state index in [2.05, 4.69) is 27.8 Å². The first-order chi connectivity index (χ1) is 12.2. The molecule has 1 aromatic heterocycles. The molecule has 0 amide bonds. The predicted molar refractivity (Wildman–Crippen MR) is 99.6 cm³/mol. The summed E-state index contributed by atoms with van der Waals surface area (Å²) in [6.07, 6.45) is 1.94. The molecule has 0 bridgehead atoms. The topological polar surface area (TPSA) is 74.1 Å². The lowest BCUT2D eigenvalue weighted by atomic mass is 10.2. The number of tetrazole rings is 1. The second-order valence-corrected chi connectivity index (χ2v) is 6.88. The molecule has 0 aliphatic carbocycles. The molecule has 0 spiro atoms. The number of hydrogen-bond acceptors (Lipinski definition) is 7. The van der Waals surface area contributed by atoms with Crippen molar-refractivity contribution in [3.8, 4) is 11.5 Å². The Morgan fingerprint density at radius 1 is 1.32 bits per heavy atom. The summed E-state index contributed by atoms with van der Waals surface area (Å²) in [6.45, 7) is 4.26. The molecule has 1 N–H and O–H groups in total. The Morgan fingerprint density at radius 3 is 2.84 bits per heavy atom. The molecule has 25 heavy (non-hydrogen) atoms. The second-order valence-electron chi connectivity index (χ2n) is 5.41. The fraction of sp³-hybridized carbons (Fsp3) is 0.562. The van der Waals surface area contributed by atoms with Gasteiger partial charge in [0.15, 0.2) is 11.5 Å². The lowest BCUT2D eigenvalue weighted by molar-refractivity contribution is 0.294. The van der Waals surface area contributed by atoms with Gasteiger partial charge in [0, 0.05) is 30.4 Å². The van der Waals surface area contributed by atoms with Crippen molar-refractivity contribution in [2.24, 2.45) is 7.05 Å². The Hall–Kier alpha value is -1.51. The number of nitrogens with zero attached hydrogens (tertiary/aromatic N) is 4. The van der Waals surface area contributed by atoms with Gasteiger partial charge in [-0.1, -0.05) is 30.3 Å². The maximum atomic E-state index is 6.36. The molecular weight excluding hydrogens is 362 g/mol. The highest BCUT2D eigenvalue weighted by Gasteiger charge is 2.10. The van der Waals surface area contributed by atoms with E-state index in [-0.39, 0.29) is 0 Å². The summed E-state index contributed by atoms with van der Waals surface area (Å²) in [5.41, 5.74) is 0.993. The van der Waals surface area contributed by atoms with Crippen molar-refractivity contribution < 1.29 is 9.47 Å². The number of ether oxygens (including phenoxy) is 2. The van der Waals surface area contributed by atoms with E-state index in [4.69, 9.17) is 21.1 Å². The molecule has 9 heteroatoms. The van der Waals surface area contributed by atoms with E-state index < -0.39 is 0 Å². The van der Waals surface area contributed by atoms with Crippen molar-refractivity contribution in [3.05, 3.63) is 22.7 Å². The van der Waals surface area contributed by atoms with Gasteiger partial charge in [-0.3, -0.25) is 0 Å². The lowest BCUT2D eigenvalue weighted by Gasteiger charge is -2.14. The van der Waals surface area contributed by atoms with Gasteiger partial charge in [-0.25, -0.2) is 4.68 Å². The summed E-state index contributed by atoms with van der Waals surface area (Å²) in [5.74, 6) is 2.34. The number of aromatic nitrogens is 4. The third kappa shape index (κ3) is 6.05. The zero-order chi connectivity index (χ0) is 18.1. The van der Waals surface area contributed by atoms with Crippen LogP contribution in [0, 0.1) is 0 Å². The lowest BCUT2D eigenvalue weighted by Crippen LogP contribution is -2.16. The molecule has 0 aliphatic heterocycles. The van der Waals surface area contributed by atoms with Crippen LogP contribution in [0.4, 0.5) is 0 Å². The van der Waals surface area contributed by atoms with Crippen LogP contribution in [0.2, 0.25) is 5.02 Å². The van der Waals surface area contributed by atoms with Gasteiger partial charge in [-0.2, -0.15) is 0 Å². The van der Waals surface area contributed by atoms with Crippen molar-refractivity contribution in [2.75, 3.05) is 26.0 Å². The van der Waals surface area contributed by atoms with Crippen LogP contribution < -0.4 is 14.8 Å². The minimum atomic E-state index is 0.642. The van der Waals surface area contributed by atoms with Crippen LogP contribution in [0.5, 0.6) is 11.5 Å². The average Bonchev–Trinajstić information content (AvgIpc) is 3.02. The van der Waals surface area contributed by atoms with Gasteiger partial charge >= 0.3 is 0 Å². The van der Waals surface area contributed by atoms with E-state index in [9.17, 15) is 0 Å². The van der Waals surface area contributed by atoms with Gasteiger partial charge in [0.2, 0.25) is 5.16 Å². The number of rotatable bonds is 11. The van der Waals surface area contributed by atoms with Crippen LogP contribution in [-0.4, -0.2) is 46.2 Å². The van der Waals surface area contributed by atoms with E-state index >= 15 is 0 Å². The molecule has 0 fully saturated rings. The molecule has 1 heterocycles. The minimum absolute atomic E-state index is 0.642. The highest BCUT2D eigenvalue weighted by molar-refractivity contribution is 7.99. The number of aryl methyl sites for hydroxylation is 1. The maximum Gasteiger partial charge on any atom is 0.209 e. The Kier molecular flexibility index (Phi) is 8.30. The quantitative estimate of drug-likeness (QED) is 0.470. The van der Waals surface area contributed by atoms with E-state index in [0.717, 1.165) is 35.9 Å².